The van der Waals surface area contributed by atoms with Crippen LogP contribution in [-0.4, -0.2) is 13.3 Å². The molecule has 104 valence electrons. The Labute approximate surface area is 116 Å². The molecule has 4 nitrogen and oxygen atoms in total. The van der Waals surface area contributed by atoms with Gasteiger partial charge in [0.1, 0.15) is 5.82 Å². The predicted molar refractivity (Wildman–Crippen MR) is 75.0 cm³/mol. The molecule has 0 saturated heterocycles. The Balaban J connectivity index is 1.89. The minimum absolute atomic E-state index is 0.233. The third kappa shape index (κ3) is 2.40. The first-order valence-electron chi connectivity index (χ1n) is 6.42. The predicted octanol–water partition coefficient (Wildman–Crippen LogP) is 2.80. The summed E-state index contributed by atoms with van der Waals surface area (Å²) in [5.41, 5.74) is 7.66. The normalized spacial score (nSPS) is 12.5. The molecular formula is C15H15FN2O2. The Morgan fingerprint density at radius 3 is 2.85 bits per heavy atom. The molecule has 0 saturated carbocycles. The van der Waals surface area contributed by atoms with E-state index in [4.69, 9.17) is 15.2 Å². The summed E-state index contributed by atoms with van der Waals surface area (Å²) < 4.78 is 24.4. The molecule has 2 aromatic rings. The van der Waals surface area contributed by atoms with Gasteiger partial charge in [-0.2, -0.15) is 0 Å². The van der Waals surface area contributed by atoms with E-state index in [0.717, 1.165) is 11.4 Å². The Morgan fingerprint density at radius 1 is 1.15 bits per heavy atom. The van der Waals surface area contributed by atoms with Gasteiger partial charge in [0.25, 0.3) is 0 Å². The molecule has 5 heteroatoms. The van der Waals surface area contributed by atoms with Crippen LogP contribution < -0.4 is 20.5 Å². The van der Waals surface area contributed by atoms with Crippen LogP contribution in [0.25, 0.3) is 0 Å². The second-order valence-corrected chi connectivity index (χ2v) is 4.50. The van der Waals surface area contributed by atoms with Crippen molar-refractivity contribution < 1.29 is 13.9 Å². The van der Waals surface area contributed by atoms with Crippen LogP contribution in [0.15, 0.2) is 36.4 Å². The molecule has 0 bridgehead atoms. The first-order chi connectivity index (χ1) is 9.78. The Kier molecular flexibility index (Phi) is 3.43. The molecule has 1 aliphatic rings. The van der Waals surface area contributed by atoms with Gasteiger partial charge in [0.2, 0.25) is 6.79 Å². The van der Waals surface area contributed by atoms with Crippen molar-refractivity contribution in [3.63, 3.8) is 0 Å². The van der Waals surface area contributed by atoms with Crippen molar-refractivity contribution >= 4 is 11.4 Å². The van der Waals surface area contributed by atoms with Gasteiger partial charge in [-0.15, -0.1) is 0 Å². The Hall–Kier alpha value is -2.27. The van der Waals surface area contributed by atoms with Crippen molar-refractivity contribution in [2.45, 2.75) is 6.42 Å². The van der Waals surface area contributed by atoms with Gasteiger partial charge in [-0.3, -0.25) is 0 Å². The third-order valence-corrected chi connectivity index (χ3v) is 3.16. The molecule has 0 unspecified atom stereocenters. The summed E-state index contributed by atoms with van der Waals surface area (Å²) in [6, 6.07) is 10.5. The molecule has 2 aromatic carbocycles. The summed E-state index contributed by atoms with van der Waals surface area (Å²) in [5, 5.41) is 3.20. The van der Waals surface area contributed by atoms with Crippen LogP contribution in [-0.2, 0) is 6.42 Å². The number of anilines is 2. The van der Waals surface area contributed by atoms with Gasteiger partial charge in [-0.25, -0.2) is 4.39 Å². The molecule has 1 aliphatic heterocycles. The standard InChI is InChI=1S/C15H15FN2O2/c16-12-2-1-3-13(11(12)6-7-17)18-10-4-5-14-15(8-10)20-9-19-14/h1-5,8,18H,6-7,9,17H2. The van der Waals surface area contributed by atoms with E-state index in [2.05, 4.69) is 5.32 Å². The summed E-state index contributed by atoms with van der Waals surface area (Å²) in [6.45, 7) is 0.633. The lowest BCUT2D eigenvalue weighted by Gasteiger charge is -2.12. The number of fused-ring (bicyclic) bond motifs is 1. The highest BCUT2D eigenvalue weighted by atomic mass is 19.1. The van der Waals surface area contributed by atoms with Crippen molar-refractivity contribution in [2.75, 3.05) is 18.7 Å². The molecule has 3 N–H and O–H groups in total. The van der Waals surface area contributed by atoms with Gasteiger partial charge >= 0.3 is 0 Å². The Morgan fingerprint density at radius 2 is 2.00 bits per heavy atom. The van der Waals surface area contributed by atoms with E-state index in [9.17, 15) is 4.39 Å². The average Bonchev–Trinajstić information content (AvgIpc) is 2.90. The first kappa shape index (κ1) is 12.7. The average molecular weight is 274 g/mol. The zero-order chi connectivity index (χ0) is 13.9. The Bertz CT molecular complexity index is 631. The maximum atomic E-state index is 13.8. The zero-order valence-electron chi connectivity index (χ0n) is 10.9. The SMILES string of the molecule is NCCc1c(F)cccc1Nc1ccc2c(c1)OCO2. The molecule has 0 aromatic heterocycles. The molecule has 1 heterocycles. The minimum Gasteiger partial charge on any atom is -0.454 e. The summed E-state index contributed by atoms with van der Waals surface area (Å²) in [7, 11) is 0. The molecule has 3 rings (SSSR count). The van der Waals surface area contributed by atoms with Crippen LogP contribution in [0, 0.1) is 5.82 Å². The molecule has 0 fully saturated rings. The van der Waals surface area contributed by atoms with Crippen molar-refractivity contribution in [3.8, 4) is 11.5 Å². The van der Waals surface area contributed by atoms with Crippen molar-refractivity contribution in [3.05, 3.63) is 47.8 Å². The fourth-order valence-electron chi connectivity index (χ4n) is 2.20. The number of hydrogen-bond donors (Lipinski definition) is 2. The van der Waals surface area contributed by atoms with Crippen molar-refractivity contribution in [2.24, 2.45) is 5.73 Å². The van der Waals surface area contributed by atoms with E-state index in [-0.39, 0.29) is 12.6 Å². The lowest BCUT2D eigenvalue weighted by Crippen LogP contribution is -2.07. The van der Waals surface area contributed by atoms with Gasteiger partial charge < -0.3 is 20.5 Å². The molecule has 0 atom stereocenters. The van der Waals surface area contributed by atoms with Gasteiger partial charge in [-0.05, 0) is 37.2 Å². The third-order valence-electron chi connectivity index (χ3n) is 3.16. The van der Waals surface area contributed by atoms with Crippen LogP contribution in [0.1, 0.15) is 5.56 Å². The smallest absolute Gasteiger partial charge is 0.231 e. The van der Waals surface area contributed by atoms with Crippen molar-refractivity contribution in [1.82, 2.24) is 0 Å². The number of hydrogen-bond acceptors (Lipinski definition) is 4. The van der Waals surface area contributed by atoms with Crippen molar-refractivity contribution in [1.29, 1.82) is 0 Å². The van der Waals surface area contributed by atoms with Crippen LogP contribution in [0.3, 0.4) is 0 Å². The monoisotopic (exact) mass is 274 g/mol. The van der Waals surface area contributed by atoms with Gasteiger partial charge in [0.15, 0.2) is 11.5 Å². The quantitative estimate of drug-likeness (QED) is 0.900. The van der Waals surface area contributed by atoms with Gasteiger partial charge in [-0.1, -0.05) is 6.07 Å². The second-order valence-electron chi connectivity index (χ2n) is 4.50. The summed E-state index contributed by atoms with van der Waals surface area (Å²) in [6.07, 6.45) is 0.486. The minimum atomic E-state index is -0.249. The maximum Gasteiger partial charge on any atom is 0.231 e. The van der Waals surface area contributed by atoms with E-state index >= 15 is 0 Å². The highest BCUT2D eigenvalue weighted by molar-refractivity contribution is 5.66. The van der Waals surface area contributed by atoms with E-state index in [1.165, 1.54) is 6.07 Å². The highest BCUT2D eigenvalue weighted by Crippen LogP contribution is 2.35. The number of ether oxygens (including phenoxy) is 2. The highest BCUT2D eigenvalue weighted by Gasteiger charge is 2.14. The maximum absolute atomic E-state index is 13.8. The molecule has 0 amide bonds. The largest absolute Gasteiger partial charge is 0.454 e. The van der Waals surface area contributed by atoms with Crippen LogP contribution in [0.4, 0.5) is 15.8 Å². The summed E-state index contributed by atoms with van der Waals surface area (Å²) >= 11 is 0. The number of nitrogens with two attached hydrogens (primary N) is 1. The van der Waals surface area contributed by atoms with Crippen LogP contribution in [0.2, 0.25) is 0 Å². The number of halogens is 1. The molecule has 20 heavy (non-hydrogen) atoms. The molecule has 0 spiro atoms. The van der Waals surface area contributed by atoms with Gasteiger partial charge in [0.05, 0.1) is 0 Å². The summed E-state index contributed by atoms with van der Waals surface area (Å²) in [5.74, 6) is 1.16. The lowest BCUT2D eigenvalue weighted by molar-refractivity contribution is 0.174. The van der Waals surface area contributed by atoms with Crippen LogP contribution >= 0.6 is 0 Å². The van der Waals surface area contributed by atoms with Crippen LogP contribution in [0.5, 0.6) is 11.5 Å². The number of rotatable bonds is 4. The molecule has 0 radical (unpaired) electrons. The summed E-state index contributed by atoms with van der Waals surface area (Å²) in [4.78, 5) is 0. The van der Waals surface area contributed by atoms with E-state index < -0.39 is 0 Å². The first-order valence-corrected chi connectivity index (χ1v) is 6.42. The zero-order valence-corrected chi connectivity index (χ0v) is 10.9. The second kappa shape index (κ2) is 5.38. The molecular weight excluding hydrogens is 259 g/mol. The fraction of sp³-hybridized carbons (Fsp3) is 0.200. The van der Waals surface area contributed by atoms with E-state index in [1.54, 1.807) is 6.07 Å². The fourth-order valence-corrected chi connectivity index (χ4v) is 2.20. The molecule has 0 aliphatic carbocycles. The topological polar surface area (TPSA) is 56.5 Å². The van der Waals surface area contributed by atoms with Gasteiger partial charge in [0, 0.05) is 23.0 Å². The number of nitrogens with one attached hydrogen (secondary N) is 1. The lowest BCUT2D eigenvalue weighted by atomic mass is 10.1. The van der Waals surface area contributed by atoms with E-state index in [0.29, 0.717) is 30.0 Å². The van der Waals surface area contributed by atoms with E-state index in [1.807, 2.05) is 24.3 Å². The number of benzene rings is 2.